The van der Waals surface area contributed by atoms with Gasteiger partial charge < -0.3 is 20.7 Å². The minimum atomic E-state index is -0.527. The number of nitrogen functional groups attached to an aromatic ring is 1. The third kappa shape index (κ3) is 3.77. The van der Waals surface area contributed by atoms with Crippen molar-refractivity contribution in [2.75, 3.05) is 12.3 Å². The first-order chi connectivity index (χ1) is 8.45. The van der Waals surface area contributed by atoms with Crippen molar-refractivity contribution in [2.24, 2.45) is 5.92 Å². The maximum absolute atomic E-state index is 12.0. The minimum absolute atomic E-state index is 0.123. The number of aliphatic hydroxyl groups excluding tert-OH is 1. The average molecular weight is 253 g/mol. The topological polar surface area (TPSA) is 80.3 Å². The summed E-state index contributed by atoms with van der Waals surface area (Å²) in [6.07, 6.45) is 2.17. The van der Waals surface area contributed by atoms with Crippen LogP contribution in [0.5, 0.6) is 0 Å². The van der Waals surface area contributed by atoms with Gasteiger partial charge in [-0.2, -0.15) is 0 Å². The van der Waals surface area contributed by atoms with Gasteiger partial charge in [0.15, 0.2) is 0 Å². The van der Waals surface area contributed by atoms with E-state index in [4.69, 9.17) is 5.73 Å². The van der Waals surface area contributed by atoms with Crippen LogP contribution in [0.4, 0.5) is 5.69 Å². The van der Waals surface area contributed by atoms with E-state index in [9.17, 15) is 9.90 Å². The molecule has 0 aliphatic heterocycles. The molecule has 0 spiro atoms. The molecule has 0 aliphatic carbocycles. The van der Waals surface area contributed by atoms with Crippen molar-refractivity contribution in [3.8, 4) is 0 Å². The molecular weight excluding hydrogens is 230 g/mol. The van der Waals surface area contributed by atoms with Gasteiger partial charge in [-0.3, -0.25) is 4.79 Å². The lowest BCUT2D eigenvalue weighted by Gasteiger charge is -2.15. The Kier molecular flexibility index (Phi) is 5.22. The maximum Gasteiger partial charge on any atom is 0.268 e. The molecular formula is C13H23N3O2. The first kappa shape index (κ1) is 14.6. The van der Waals surface area contributed by atoms with Gasteiger partial charge in [-0.15, -0.1) is 0 Å². The summed E-state index contributed by atoms with van der Waals surface area (Å²) in [6, 6.07) is 1.66. The van der Waals surface area contributed by atoms with E-state index in [0.29, 0.717) is 11.4 Å². The molecule has 1 aromatic heterocycles. The van der Waals surface area contributed by atoms with Gasteiger partial charge in [0, 0.05) is 19.3 Å². The highest BCUT2D eigenvalue weighted by molar-refractivity contribution is 5.93. The number of anilines is 1. The highest BCUT2D eigenvalue weighted by Gasteiger charge is 2.15. The minimum Gasteiger partial charge on any atom is -0.397 e. The van der Waals surface area contributed by atoms with Crippen LogP contribution in [-0.4, -0.2) is 28.2 Å². The number of nitrogens with zero attached hydrogens (tertiary/aromatic N) is 1. The van der Waals surface area contributed by atoms with Crippen LogP contribution >= 0.6 is 0 Å². The fourth-order valence-electron chi connectivity index (χ4n) is 1.67. The van der Waals surface area contributed by atoms with E-state index in [1.165, 1.54) is 0 Å². The predicted molar refractivity (Wildman–Crippen MR) is 72.3 cm³/mol. The summed E-state index contributed by atoms with van der Waals surface area (Å²) in [6.45, 7) is 6.88. The zero-order valence-corrected chi connectivity index (χ0v) is 11.3. The fraction of sp³-hybridized carbons (Fsp3) is 0.615. The molecule has 4 N–H and O–H groups in total. The van der Waals surface area contributed by atoms with Gasteiger partial charge in [0.05, 0.1) is 11.8 Å². The number of aryl methyl sites for hydroxylation is 1. The number of carbonyl (C=O) groups excluding carboxylic acids is 1. The third-order valence-electron chi connectivity index (χ3n) is 2.86. The molecule has 1 unspecified atom stereocenters. The first-order valence-corrected chi connectivity index (χ1v) is 6.37. The number of hydrogen-bond acceptors (Lipinski definition) is 3. The Balaban J connectivity index is 2.66. The number of carbonyl (C=O) groups is 1. The SMILES string of the molecule is CCCn1cc(N)cc1C(=O)NCC(O)C(C)C. The van der Waals surface area contributed by atoms with Gasteiger partial charge >= 0.3 is 0 Å². The number of aromatic nitrogens is 1. The molecule has 18 heavy (non-hydrogen) atoms. The van der Waals surface area contributed by atoms with Crippen molar-refractivity contribution in [3.63, 3.8) is 0 Å². The average Bonchev–Trinajstić information content (AvgIpc) is 2.67. The Hall–Kier alpha value is -1.49. The van der Waals surface area contributed by atoms with Gasteiger partial charge in [-0.25, -0.2) is 0 Å². The summed E-state index contributed by atoms with van der Waals surface area (Å²) in [5, 5.41) is 12.4. The lowest BCUT2D eigenvalue weighted by molar-refractivity contribution is 0.0863. The number of aliphatic hydroxyl groups is 1. The number of hydrogen-bond donors (Lipinski definition) is 3. The van der Waals surface area contributed by atoms with Crippen LogP contribution in [-0.2, 0) is 6.54 Å². The Morgan fingerprint density at radius 2 is 2.22 bits per heavy atom. The molecule has 0 radical (unpaired) electrons. The summed E-state index contributed by atoms with van der Waals surface area (Å²) in [5.41, 5.74) is 6.83. The zero-order valence-electron chi connectivity index (χ0n) is 11.3. The van der Waals surface area contributed by atoms with E-state index in [-0.39, 0.29) is 18.4 Å². The van der Waals surface area contributed by atoms with E-state index in [0.717, 1.165) is 13.0 Å². The van der Waals surface area contributed by atoms with Crippen molar-refractivity contribution in [1.29, 1.82) is 0 Å². The second-order valence-corrected chi connectivity index (χ2v) is 4.87. The van der Waals surface area contributed by atoms with E-state index >= 15 is 0 Å². The van der Waals surface area contributed by atoms with Crippen molar-refractivity contribution < 1.29 is 9.90 Å². The van der Waals surface area contributed by atoms with Crippen LogP contribution in [0.2, 0.25) is 0 Å². The molecule has 0 saturated heterocycles. The number of nitrogens with one attached hydrogen (secondary N) is 1. The number of nitrogens with two attached hydrogens (primary N) is 1. The summed E-state index contributed by atoms with van der Waals surface area (Å²) >= 11 is 0. The summed E-state index contributed by atoms with van der Waals surface area (Å²) in [5.74, 6) is -0.0716. The fourth-order valence-corrected chi connectivity index (χ4v) is 1.67. The second-order valence-electron chi connectivity index (χ2n) is 4.87. The molecule has 5 heteroatoms. The molecule has 1 heterocycles. The molecule has 0 fully saturated rings. The summed E-state index contributed by atoms with van der Waals surface area (Å²) < 4.78 is 1.84. The largest absolute Gasteiger partial charge is 0.397 e. The van der Waals surface area contributed by atoms with Crippen LogP contribution < -0.4 is 11.1 Å². The zero-order chi connectivity index (χ0) is 13.7. The standard InChI is InChI=1S/C13H23N3O2/c1-4-5-16-8-10(14)6-11(16)13(18)15-7-12(17)9(2)3/h6,8-9,12,17H,4-5,7,14H2,1-3H3,(H,15,18). The lowest BCUT2D eigenvalue weighted by Crippen LogP contribution is -2.35. The quantitative estimate of drug-likeness (QED) is 0.713. The van der Waals surface area contributed by atoms with Crippen LogP contribution in [0.15, 0.2) is 12.3 Å². The maximum atomic E-state index is 12.0. The van der Waals surface area contributed by atoms with Crippen LogP contribution in [0, 0.1) is 5.92 Å². The van der Waals surface area contributed by atoms with Crippen molar-refractivity contribution in [1.82, 2.24) is 9.88 Å². The van der Waals surface area contributed by atoms with Gasteiger partial charge in [-0.1, -0.05) is 20.8 Å². The van der Waals surface area contributed by atoms with Crippen LogP contribution in [0.25, 0.3) is 0 Å². The number of amides is 1. The molecule has 5 nitrogen and oxygen atoms in total. The Morgan fingerprint density at radius 3 is 2.78 bits per heavy atom. The molecule has 102 valence electrons. The summed E-state index contributed by atoms with van der Waals surface area (Å²) in [4.78, 5) is 12.0. The highest BCUT2D eigenvalue weighted by atomic mass is 16.3. The third-order valence-corrected chi connectivity index (χ3v) is 2.86. The van der Waals surface area contributed by atoms with E-state index in [1.807, 2.05) is 25.3 Å². The second kappa shape index (κ2) is 6.44. The number of rotatable bonds is 6. The van der Waals surface area contributed by atoms with Crippen molar-refractivity contribution in [2.45, 2.75) is 39.8 Å². The molecule has 1 atom stereocenters. The van der Waals surface area contributed by atoms with Gasteiger partial charge in [0.2, 0.25) is 0 Å². The molecule has 0 aliphatic rings. The van der Waals surface area contributed by atoms with Crippen molar-refractivity contribution >= 4 is 11.6 Å². The Morgan fingerprint density at radius 1 is 1.56 bits per heavy atom. The molecule has 0 saturated carbocycles. The van der Waals surface area contributed by atoms with Crippen LogP contribution in [0.1, 0.15) is 37.7 Å². The lowest BCUT2D eigenvalue weighted by atomic mass is 10.1. The van der Waals surface area contributed by atoms with E-state index in [2.05, 4.69) is 5.32 Å². The van der Waals surface area contributed by atoms with E-state index in [1.54, 1.807) is 12.3 Å². The highest BCUT2D eigenvalue weighted by Crippen LogP contribution is 2.11. The van der Waals surface area contributed by atoms with Gasteiger partial charge in [0.25, 0.3) is 5.91 Å². The normalized spacial score (nSPS) is 12.7. The van der Waals surface area contributed by atoms with Crippen LogP contribution in [0.3, 0.4) is 0 Å². The first-order valence-electron chi connectivity index (χ1n) is 6.37. The molecule has 1 amide bonds. The molecule has 0 bridgehead atoms. The van der Waals surface area contributed by atoms with Gasteiger partial charge in [-0.05, 0) is 18.4 Å². The summed E-state index contributed by atoms with van der Waals surface area (Å²) in [7, 11) is 0. The monoisotopic (exact) mass is 253 g/mol. The predicted octanol–water partition coefficient (Wildman–Crippen LogP) is 1.23. The Labute approximate surface area is 108 Å². The van der Waals surface area contributed by atoms with E-state index < -0.39 is 6.10 Å². The Bertz CT molecular complexity index is 399. The molecule has 0 aromatic carbocycles. The van der Waals surface area contributed by atoms with Crippen molar-refractivity contribution in [3.05, 3.63) is 18.0 Å². The smallest absolute Gasteiger partial charge is 0.268 e. The molecule has 1 aromatic rings. The van der Waals surface area contributed by atoms with Gasteiger partial charge in [0.1, 0.15) is 5.69 Å². The molecule has 1 rings (SSSR count).